The minimum atomic E-state index is -0.189. The second kappa shape index (κ2) is 7.00. The van der Waals surface area contributed by atoms with Crippen LogP contribution in [-0.2, 0) is 5.54 Å². The number of carbonyl (C=O) groups is 1. The van der Waals surface area contributed by atoms with E-state index in [1.54, 1.807) is 0 Å². The SMILES string of the molecule is CN1CCN(c2ccc(NC(=O)NC3(c4ccccc4)CC3)cc2)CC1. The van der Waals surface area contributed by atoms with Crippen LogP contribution in [-0.4, -0.2) is 44.2 Å². The topological polar surface area (TPSA) is 47.6 Å². The first-order valence-corrected chi connectivity index (χ1v) is 9.33. The predicted molar refractivity (Wildman–Crippen MR) is 106 cm³/mol. The maximum atomic E-state index is 12.4. The van der Waals surface area contributed by atoms with Crippen molar-refractivity contribution in [3.63, 3.8) is 0 Å². The maximum Gasteiger partial charge on any atom is 0.319 e. The van der Waals surface area contributed by atoms with E-state index in [0.717, 1.165) is 44.7 Å². The number of anilines is 2. The Morgan fingerprint density at radius 2 is 1.58 bits per heavy atom. The zero-order chi connectivity index (χ0) is 18.0. The molecule has 0 spiro atoms. The van der Waals surface area contributed by atoms with Crippen LogP contribution in [0.5, 0.6) is 0 Å². The highest BCUT2D eigenvalue weighted by Crippen LogP contribution is 2.45. The van der Waals surface area contributed by atoms with Gasteiger partial charge >= 0.3 is 6.03 Å². The van der Waals surface area contributed by atoms with Gasteiger partial charge in [0, 0.05) is 37.6 Å². The summed E-state index contributed by atoms with van der Waals surface area (Å²) in [4.78, 5) is 17.2. The lowest BCUT2D eigenvalue weighted by atomic mass is 10.1. The molecule has 4 rings (SSSR count). The second-order valence-corrected chi connectivity index (χ2v) is 7.36. The molecule has 2 amide bonds. The number of benzene rings is 2. The van der Waals surface area contributed by atoms with Crippen molar-refractivity contribution in [2.75, 3.05) is 43.4 Å². The van der Waals surface area contributed by atoms with Gasteiger partial charge in [0.25, 0.3) is 0 Å². The van der Waals surface area contributed by atoms with Crippen molar-refractivity contribution in [1.29, 1.82) is 0 Å². The number of carbonyl (C=O) groups excluding carboxylic acids is 1. The number of piperazine rings is 1. The van der Waals surface area contributed by atoms with Crippen LogP contribution < -0.4 is 15.5 Å². The summed E-state index contributed by atoms with van der Waals surface area (Å²) in [6, 6.07) is 18.2. The van der Waals surface area contributed by atoms with E-state index in [9.17, 15) is 4.79 Å². The zero-order valence-corrected chi connectivity index (χ0v) is 15.2. The zero-order valence-electron chi connectivity index (χ0n) is 15.2. The van der Waals surface area contributed by atoms with E-state index < -0.39 is 0 Å². The highest BCUT2D eigenvalue weighted by molar-refractivity contribution is 5.90. The van der Waals surface area contributed by atoms with Crippen molar-refractivity contribution in [3.05, 3.63) is 60.2 Å². The summed E-state index contributed by atoms with van der Waals surface area (Å²) in [7, 11) is 2.16. The average Bonchev–Trinajstić information content (AvgIpc) is 3.44. The number of rotatable bonds is 4. The van der Waals surface area contributed by atoms with Gasteiger partial charge in [-0.3, -0.25) is 0 Å². The van der Waals surface area contributed by atoms with Gasteiger partial charge in [-0.15, -0.1) is 0 Å². The van der Waals surface area contributed by atoms with Crippen LogP contribution in [0.25, 0.3) is 0 Å². The number of likely N-dealkylation sites (N-methyl/N-ethyl adjacent to an activating group) is 1. The lowest BCUT2D eigenvalue weighted by Crippen LogP contribution is -2.44. The largest absolute Gasteiger partial charge is 0.369 e. The molecule has 0 aromatic heterocycles. The Labute approximate surface area is 155 Å². The lowest BCUT2D eigenvalue weighted by Gasteiger charge is -2.34. The second-order valence-electron chi connectivity index (χ2n) is 7.36. The molecule has 2 aromatic rings. The Morgan fingerprint density at radius 1 is 0.923 bits per heavy atom. The highest BCUT2D eigenvalue weighted by Gasteiger charge is 2.45. The fourth-order valence-electron chi connectivity index (χ4n) is 3.57. The van der Waals surface area contributed by atoms with Crippen molar-refractivity contribution in [2.45, 2.75) is 18.4 Å². The van der Waals surface area contributed by atoms with Crippen LogP contribution in [0.1, 0.15) is 18.4 Å². The monoisotopic (exact) mass is 350 g/mol. The summed E-state index contributed by atoms with van der Waals surface area (Å²) in [6.45, 7) is 4.26. The minimum Gasteiger partial charge on any atom is -0.369 e. The maximum absolute atomic E-state index is 12.4. The van der Waals surface area contributed by atoms with Crippen molar-refractivity contribution in [1.82, 2.24) is 10.2 Å². The van der Waals surface area contributed by atoms with Crippen LogP contribution in [0, 0.1) is 0 Å². The van der Waals surface area contributed by atoms with Crippen LogP contribution >= 0.6 is 0 Å². The molecule has 0 atom stereocenters. The Bertz CT molecular complexity index is 747. The molecule has 1 aliphatic heterocycles. The summed E-state index contributed by atoms with van der Waals surface area (Å²) in [5, 5.41) is 6.12. The molecule has 2 N–H and O–H groups in total. The van der Waals surface area contributed by atoms with E-state index in [0.29, 0.717) is 0 Å². The minimum absolute atomic E-state index is 0.140. The molecule has 2 aliphatic rings. The van der Waals surface area contributed by atoms with Gasteiger partial charge in [0.2, 0.25) is 0 Å². The Morgan fingerprint density at radius 3 is 2.19 bits per heavy atom. The molecule has 26 heavy (non-hydrogen) atoms. The van der Waals surface area contributed by atoms with Crippen molar-refractivity contribution >= 4 is 17.4 Å². The fraction of sp³-hybridized carbons (Fsp3) is 0.381. The summed E-state index contributed by atoms with van der Waals surface area (Å²) >= 11 is 0. The van der Waals surface area contributed by atoms with E-state index in [1.165, 1.54) is 11.3 Å². The van der Waals surface area contributed by atoms with Gasteiger partial charge in [0.05, 0.1) is 5.54 Å². The molecule has 136 valence electrons. The van der Waals surface area contributed by atoms with Gasteiger partial charge in [-0.05, 0) is 49.7 Å². The molecule has 0 bridgehead atoms. The Hall–Kier alpha value is -2.53. The highest BCUT2D eigenvalue weighted by atomic mass is 16.2. The van der Waals surface area contributed by atoms with Gasteiger partial charge in [-0.1, -0.05) is 30.3 Å². The fourth-order valence-corrected chi connectivity index (χ4v) is 3.57. The number of urea groups is 1. The van der Waals surface area contributed by atoms with Crippen molar-refractivity contribution in [3.8, 4) is 0 Å². The smallest absolute Gasteiger partial charge is 0.319 e. The molecular formula is C21H26N4O. The molecule has 5 heteroatoms. The molecule has 2 aromatic carbocycles. The number of nitrogens with zero attached hydrogens (tertiary/aromatic N) is 2. The lowest BCUT2D eigenvalue weighted by molar-refractivity contribution is 0.247. The summed E-state index contributed by atoms with van der Waals surface area (Å²) < 4.78 is 0. The summed E-state index contributed by atoms with van der Waals surface area (Å²) in [5.74, 6) is 0. The van der Waals surface area contributed by atoms with Gasteiger partial charge in [0.15, 0.2) is 0 Å². The first-order chi connectivity index (χ1) is 12.6. The van der Waals surface area contributed by atoms with Gasteiger partial charge < -0.3 is 20.4 Å². The first kappa shape index (κ1) is 16.9. The molecule has 0 radical (unpaired) electrons. The van der Waals surface area contributed by atoms with E-state index >= 15 is 0 Å². The Kier molecular flexibility index (Phi) is 4.55. The van der Waals surface area contributed by atoms with E-state index in [1.807, 2.05) is 30.3 Å². The van der Waals surface area contributed by atoms with E-state index in [-0.39, 0.29) is 11.6 Å². The van der Waals surface area contributed by atoms with Gasteiger partial charge in [-0.2, -0.15) is 0 Å². The Balaban J connectivity index is 1.35. The first-order valence-electron chi connectivity index (χ1n) is 9.33. The molecular weight excluding hydrogens is 324 g/mol. The summed E-state index contributed by atoms with van der Waals surface area (Å²) in [6.07, 6.45) is 1.99. The van der Waals surface area contributed by atoms with Crippen molar-refractivity contribution in [2.24, 2.45) is 0 Å². The van der Waals surface area contributed by atoms with Crippen LogP contribution in [0.4, 0.5) is 16.2 Å². The molecule has 1 saturated carbocycles. The molecule has 2 fully saturated rings. The molecule has 1 saturated heterocycles. The molecule has 1 aliphatic carbocycles. The standard InChI is InChI=1S/C21H26N4O/c1-24-13-15-25(16-14-24)19-9-7-18(8-10-19)22-20(26)23-21(11-12-21)17-5-3-2-4-6-17/h2-10H,11-16H2,1H3,(H2,22,23,26). The van der Waals surface area contributed by atoms with Gasteiger partial charge in [0.1, 0.15) is 0 Å². The normalized spacial score (nSPS) is 19.0. The van der Waals surface area contributed by atoms with Crippen LogP contribution in [0.2, 0.25) is 0 Å². The van der Waals surface area contributed by atoms with E-state index in [4.69, 9.17) is 0 Å². The quantitative estimate of drug-likeness (QED) is 0.890. The number of amides is 2. The number of nitrogens with one attached hydrogen (secondary N) is 2. The van der Waals surface area contributed by atoms with Crippen LogP contribution in [0.15, 0.2) is 54.6 Å². The van der Waals surface area contributed by atoms with Crippen molar-refractivity contribution < 1.29 is 4.79 Å². The molecule has 5 nitrogen and oxygen atoms in total. The third-order valence-electron chi connectivity index (χ3n) is 5.42. The summed E-state index contributed by atoms with van der Waals surface area (Å²) in [5.41, 5.74) is 3.03. The number of hydrogen-bond acceptors (Lipinski definition) is 3. The van der Waals surface area contributed by atoms with Gasteiger partial charge in [-0.25, -0.2) is 4.79 Å². The number of hydrogen-bond donors (Lipinski definition) is 2. The average molecular weight is 350 g/mol. The van der Waals surface area contributed by atoms with E-state index in [2.05, 4.69) is 51.7 Å². The third kappa shape index (κ3) is 3.68. The molecule has 1 heterocycles. The predicted octanol–water partition coefficient (Wildman–Crippen LogP) is 3.25. The molecule has 0 unspecified atom stereocenters. The van der Waals surface area contributed by atoms with Crippen LogP contribution in [0.3, 0.4) is 0 Å². The third-order valence-corrected chi connectivity index (χ3v) is 5.42.